The van der Waals surface area contributed by atoms with Crippen LogP contribution in [-0.4, -0.2) is 24.6 Å². The first-order valence-electron chi connectivity index (χ1n) is 46.1. The van der Waals surface area contributed by atoms with Gasteiger partial charge >= 0.3 is 0 Å². The molecule has 0 fully saturated rings. The van der Waals surface area contributed by atoms with Crippen molar-refractivity contribution in [2.45, 2.75) is 59.3 Å². The predicted molar refractivity (Wildman–Crippen MR) is 488 cm³/mol. The van der Waals surface area contributed by atoms with Crippen LogP contribution in [0.1, 0.15) is 83.0 Å². The molecule has 0 spiro atoms. The summed E-state index contributed by atoms with van der Waals surface area (Å²) in [6, 6.07) is 76.1. The summed E-state index contributed by atoms with van der Waals surface area (Å²) in [5.41, 5.74) is 19.4. The molecule has 2 aliphatic rings. The molecule has 2 aliphatic heterocycles. The summed E-state index contributed by atoms with van der Waals surface area (Å²) in [4.78, 5) is 8.37. The first kappa shape index (κ1) is 53.3. The van der Waals surface area contributed by atoms with Gasteiger partial charge in [0.15, 0.2) is 5.69 Å². The summed E-state index contributed by atoms with van der Waals surface area (Å²) in [5, 5.41) is 18.8. The molecule has 8 heterocycles. The fourth-order valence-corrected chi connectivity index (χ4v) is 19.6. The van der Waals surface area contributed by atoms with Crippen molar-refractivity contribution in [3.8, 4) is 50.8 Å². The molecule has 6 aromatic heterocycles. The van der Waals surface area contributed by atoms with Crippen LogP contribution in [-0.2, 0) is 10.8 Å². The number of hydrogen-bond acceptors (Lipinski definition) is 3. The number of fused-ring (bicyclic) bond motifs is 22. The minimum Gasteiger partial charge on any atom is -0.310 e. The van der Waals surface area contributed by atoms with E-state index in [0.29, 0.717) is 22.7 Å². The second-order valence-electron chi connectivity index (χ2n) is 33.1. The third-order valence-corrected chi connectivity index (χ3v) is 24.7. The van der Waals surface area contributed by atoms with Crippen LogP contribution in [0.3, 0.4) is 0 Å². The molecule has 8 nitrogen and oxygen atoms in total. The normalized spacial score (nSPS) is 14.8. The van der Waals surface area contributed by atoms with E-state index in [1.165, 1.54) is 0 Å². The molecule has 0 N–H and O–H groups in total. The van der Waals surface area contributed by atoms with Gasteiger partial charge in [0, 0.05) is 113 Å². The zero-order chi connectivity index (χ0) is 89.8. The van der Waals surface area contributed by atoms with Crippen LogP contribution in [0.25, 0.3) is 169 Å². The molecule has 16 aromatic carbocycles. The summed E-state index contributed by atoms with van der Waals surface area (Å²) in [6.45, 7) is 22.9. The highest BCUT2D eigenvalue weighted by atomic mass is 15.2. The Bertz CT molecular complexity index is 8720. The molecule has 0 radical (unpaired) electrons. The minimum absolute atomic E-state index is 0.0642. The van der Waals surface area contributed by atoms with Crippen LogP contribution in [0, 0.1) is 24.8 Å². The fraction of sp³-hybridized carbons (Fsp3) is 0.0841. The Morgan fingerprint density at radius 1 is 0.371 bits per heavy atom. The number of benzene rings is 16. The Morgan fingerprint density at radius 3 is 1.29 bits per heavy atom. The van der Waals surface area contributed by atoms with E-state index in [2.05, 4.69) is 248 Å². The number of nitrogens with zero attached hydrogens (tertiary/aromatic N) is 8. The average molecular weight is 1500 g/mol. The van der Waals surface area contributed by atoms with Crippen molar-refractivity contribution < 1.29 is 19.2 Å². The topological polar surface area (TPSA) is 53.3 Å². The largest absolute Gasteiger partial charge is 0.310 e. The third-order valence-electron chi connectivity index (χ3n) is 24.7. The number of aromatic nitrogens is 4. The van der Waals surface area contributed by atoms with E-state index >= 15 is 0 Å². The average Bonchev–Trinajstić information content (AvgIpc) is 1.14. The van der Waals surface area contributed by atoms with E-state index in [1.807, 2.05) is 60.7 Å². The van der Waals surface area contributed by atoms with Crippen LogP contribution in [0.4, 0.5) is 39.8 Å². The summed E-state index contributed by atoms with van der Waals surface area (Å²) in [7, 11) is 0. The highest BCUT2D eigenvalue weighted by Crippen LogP contribution is 2.56. The lowest BCUT2D eigenvalue weighted by atomic mass is 9.33. The number of para-hydroxylation sites is 7. The van der Waals surface area contributed by atoms with Gasteiger partial charge in [-0.3, -0.25) is 0 Å². The number of anilines is 6. The van der Waals surface area contributed by atoms with Gasteiger partial charge in [0.1, 0.15) is 0 Å². The second-order valence-corrected chi connectivity index (χ2v) is 33.1. The zero-order valence-corrected chi connectivity index (χ0v) is 64.1. The lowest BCUT2D eigenvalue weighted by molar-refractivity contribution is 0.589. The third kappa shape index (κ3) is 9.08. The molecular formula is C107H73BN8. The lowest BCUT2D eigenvalue weighted by Crippen LogP contribution is -2.61. The molecule has 0 bridgehead atoms. The number of hydrogen-bond donors (Lipinski definition) is 0. The molecule has 0 saturated carbocycles. The molecule has 0 amide bonds. The van der Waals surface area contributed by atoms with Crippen molar-refractivity contribution in [3.63, 3.8) is 0 Å². The molecule has 0 saturated heterocycles. The second kappa shape index (κ2) is 23.7. The van der Waals surface area contributed by atoms with E-state index in [9.17, 15) is 23.1 Å². The van der Waals surface area contributed by atoms with Gasteiger partial charge in [0.05, 0.1) is 101 Å². The van der Waals surface area contributed by atoms with E-state index < -0.39 is 108 Å². The van der Waals surface area contributed by atoms with Gasteiger partial charge in [-0.05, 0) is 206 Å². The molecule has 0 aliphatic carbocycles. The van der Waals surface area contributed by atoms with Gasteiger partial charge in [0.2, 0.25) is 0 Å². The minimum atomic E-state index is -0.799. The summed E-state index contributed by atoms with van der Waals surface area (Å²) in [6.07, 6.45) is 0. The Balaban J connectivity index is 0.907. The van der Waals surface area contributed by atoms with Crippen LogP contribution in [0.5, 0.6) is 0 Å². The maximum Gasteiger partial charge on any atom is 0.252 e. The highest BCUT2D eigenvalue weighted by molar-refractivity contribution is 7.00. The molecular weight excluding hydrogens is 1410 g/mol. The van der Waals surface area contributed by atoms with Gasteiger partial charge in [-0.1, -0.05) is 223 Å². The van der Waals surface area contributed by atoms with Crippen molar-refractivity contribution in [2.24, 2.45) is 0 Å². The van der Waals surface area contributed by atoms with Crippen molar-refractivity contribution in [1.82, 2.24) is 17.9 Å². The Kier molecular flexibility index (Phi) is 10.9. The quantitative estimate of drug-likeness (QED) is 0.118. The Morgan fingerprint density at radius 2 is 0.810 bits per heavy atom. The van der Waals surface area contributed by atoms with Gasteiger partial charge in [-0.2, -0.15) is 5.26 Å². The standard InChI is InChI=1S/C107H73BN8/c1-62-49-67(106(2,3)4)55-80(64-25-10-9-11-26-64)102(62)115-97-59-70(111-89-35-18-12-27-74(89)81-50-63(61-109)41-47-95(81)111)43-45-87(97)108-88-46-44-71(112-90-36-19-13-28-75(90)82-58-69(110-8)42-48-96(82)112)60-98(88)116(100-57-68(107(5,6)7)56-99(115)101(100)108)103-72(65-51-83-76-29-14-20-37-91(76)113-92-38-21-15-30-77(92)84(52-65)104(83)113)33-24-34-73(103)66-53-85-78-31-16-22-39-93(78)114-94-40-23-17-32-79(94)86(54-66)105(85)114/h9-60H,1-7H3/i12D,13D,18D,19D,27D,28D,35D,36D,41D,42D,47D,48D,50D,58D. The van der Waals surface area contributed by atoms with Crippen molar-refractivity contribution in [2.75, 3.05) is 9.80 Å². The smallest absolute Gasteiger partial charge is 0.252 e. The molecule has 544 valence electrons. The number of aryl methyl sites for hydroxylation is 1. The van der Waals surface area contributed by atoms with E-state index in [0.717, 1.165) is 165 Å². The molecule has 0 atom stereocenters. The first-order valence-corrected chi connectivity index (χ1v) is 39.1. The number of rotatable bonds is 7. The van der Waals surface area contributed by atoms with E-state index in [1.54, 1.807) is 9.13 Å². The van der Waals surface area contributed by atoms with Gasteiger partial charge in [-0.25, -0.2) is 4.85 Å². The first-order chi connectivity index (χ1) is 62.5. The molecule has 116 heavy (non-hydrogen) atoms. The van der Waals surface area contributed by atoms with Gasteiger partial charge in [0.25, 0.3) is 6.71 Å². The monoisotopic (exact) mass is 1490 g/mol. The summed E-state index contributed by atoms with van der Waals surface area (Å²) < 4.78 is 144. The Hall–Kier alpha value is -14.6. The van der Waals surface area contributed by atoms with Crippen LogP contribution < -0.4 is 26.2 Å². The molecule has 24 rings (SSSR count). The van der Waals surface area contributed by atoms with Crippen LogP contribution in [0.15, 0.2) is 315 Å². The molecule has 0 unspecified atom stereocenters. The van der Waals surface area contributed by atoms with Gasteiger partial charge < -0.3 is 27.7 Å². The lowest BCUT2D eigenvalue weighted by Gasteiger charge is -2.46. The Labute approximate surface area is 690 Å². The maximum atomic E-state index is 10.7. The van der Waals surface area contributed by atoms with Crippen LogP contribution >= 0.6 is 0 Å². The molecule has 9 heteroatoms. The highest BCUT2D eigenvalue weighted by Gasteiger charge is 2.47. The maximum absolute atomic E-state index is 10.7. The van der Waals surface area contributed by atoms with E-state index in [4.69, 9.17) is 7.94 Å². The zero-order valence-electron chi connectivity index (χ0n) is 78.1. The summed E-state index contributed by atoms with van der Waals surface area (Å²) >= 11 is 0. The van der Waals surface area contributed by atoms with Crippen LogP contribution in [0.2, 0.25) is 0 Å². The van der Waals surface area contributed by atoms with Crippen molar-refractivity contribution in [1.29, 1.82) is 5.26 Å². The fourth-order valence-electron chi connectivity index (χ4n) is 19.6. The van der Waals surface area contributed by atoms with Crippen molar-refractivity contribution in [3.05, 3.63) is 349 Å². The summed E-state index contributed by atoms with van der Waals surface area (Å²) in [5.74, 6) is 0. The SMILES string of the molecule is [2H]c1c([2H])c([2H])c2c(c1[2H])c1c([2H])c(C#N)c([2H])c([2H])c1n2-c1ccc2c(c1)N(c1c(C)cc(C(C)(C)C)cc1-c1ccccc1)c1cc(C(C)(C)C)cc3c1B2c1ccc(-n2c4c([2H])c([2H])c([2H])c([2H])c4c4c([2H])c([N+]#[C-])c([2H])c([2H])c42)cc1N3c1c(-c2cc3c4ccccc4n4c5ccccc5c(c2)c34)cccc1-c1cc2c3ccccc3n3c4ccccc4c(c1)c23. The predicted octanol–water partition coefficient (Wildman–Crippen LogP) is 26.6. The van der Waals surface area contributed by atoms with E-state index in [-0.39, 0.29) is 49.0 Å². The molecule has 22 aromatic rings. The van der Waals surface area contributed by atoms with Gasteiger partial charge in [-0.15, -0.1) is 0 Å². The van der Waals surface area contributed by atoms with Crippen molar-refractivity contribution >= 4 is 183 Å². The number of nitriles is 1.